The second-order valence-corrected chi connectivity index (χ2v) is 20.2. The molecule has 0 saturated carbocycles. The predicted molar refractivity (Wildman–Crippen MR) is 333 cm³/mol. The summed E-state index contributed by atoms with van der Waals surface area (Å²) in [4.78, 5) is 16.0. The molecule has 0 atom stereocenters. The highest BCUT2D eigenvalue weighted by Crippen LogP contribution is 2.44. The molecule has 0 radical (unpaired) electrons. The standard InChI is InChI=1S/C76H49N5/c77-50-59-38-37-58(43-66(59)53-39-41-63(42-40-53)81-73-35-19-33-64(51-21-7-1-8-22-51)75(73)76-65(34-20-36-74(76)81)52-23-9-2-10-24-52)60-44-71(61-46-67(54-25-11-3-12-26-54)78-68(47-61)55-27-13-4-14-28-55)80-72(45-60)62-48-69(56-29-15-5-16-30-56)79-70(49-62)57-31-17-6-18-32-57/h1-49H. The predicted octanol–water partition coefficient (Wildman–Crippen LogP) is 19.5. The maximum atomic E-state index is 10.8. The normalized spacial score (nSPS) is 11.2. The van der Waals surface area contributed by atoms with E-state index in [2.05, 4.69) is 229 Å². The topological polar surface area (TPSA) is 67.4 Å². The molecule has 14 rings (SSSR count). The second-order valence-electron chi connectivity index (χ2n) is 20.2. The highest BCUT2D eigenvalue weighted by molar-refractivity contribution is 6.20. The lowest BCUT2D eigenvalue weighted by Gasteiger charge is -2.15. The summed E-state index contributed by atoms with van der Waals surface area (Å²) in [6.07, 6.45) is 0. The van der Waals surface area contributed by atoms with Crippen LogP contribution in [0.25, 0.3) is 140 Å². The molecule has 0 N–H and O–H groups in total. The van der Waals surface area contributed by atoms with E-state index in [1.54, 1.807) is 0 Å². The van der Waals surface area contributed by atoms with Crippen molar-refractivity contribution in [2.24, 2.45) is 0 Å². The van der Waals surface area contributed by atoms with Gasteiger partial charge in [-0.1, -0.05) is 224 Å². The molecule has 378 valence electrons. The minimum absolute atomic E-state index is 0.584. The Bertz CT molecular complexity index is 4290. The molecule has 0 amide bonds. The SMILES string of the molecule is N#Cc1ccc(-c2cc(-c3cc(-c4ccccc4)nc(-c4ccccc4)c3)nc(-c3cc(-c4ccccc4)nc(-c4ccccc4)c3)c2)cc1-c1ccc(-n2c3cccc(-c4ccccc4)c3c3c(-c4ccccc4)cccc32)cc1. The van der Waals surface area contributed by atoms with Crippen LogP contribution in [0.4, 0.5) is 0 Å². The van der Waals surface area contributed by atoms with Gasteiger partial charge in [0.05, 0.1) is 56.8 Å². The maximum Gasteiger partial charge on any atom is 0.0998 e. The Labute approximate surface area is 470 Å². The van der Waals surface area contributed by atoms with Gasteiger partial charge in [0.1, 0.15) is 0 Å². The molecule has 0 fully saturated rings. The van der Waals surface area contributed by atoms with Gasteiger partial charge < -0.3 is 4.57 Å². The lowest BCUT2D eigenvalue weighted by molar-refractivity contribution is 1.18. The van der Waals surface area contributed by atoms with Crippen LogP contribution >= 0.6 is 0 Å². The molecule has 0 aliphatic rings. The van der Waals surface area contributed by atoms with Crippen LogP contribution < -0.4 is 0 Å². The van der Waals surface area contributed by atoms with E-state index in [-0.39, 0.29) is 0 Å². The number of rotatable bonds is 11. The first-order valence-corrected chi connectivity index (χ1v) is 27.2. The van der Waals surface area contributed by atoms with Crippen molar-refractivity contribution in [3.63, 3.8) is 0 Å². The molecule has 0 bridgehead atoms. The third-order valence-electron chi connectivity index (χ3n) is 15.2. The van der Waals surface area contributed by atoms with E-state index in [0.717, 1.165) is 107 Å². The van der Waals surface area contributed by atoms with Crippen molar-refractivity contribution < 1.29 is 0 Å². The zero-order chi connectivity index (χ0) is 54.1. The zero-order valence-corrected chi connectivity index (χ0v) is 44.0. The summed E-state index contributed by atoms with van der Waals surface area (Å²) in [5, 5.41) is 13.2. The molecule has 5 heteroatoms. The van der Waals surface area contributed by atoms with Crippen molar-refractivity contribution in [1.82, 2.24) is 19.5 Å². The number of fused-ring (bicyclic) bond motifs is 3. The number of pyridine rings is 3. The van der Waals surface area contributed by atoms with Crippen LogP contribution in [-0.4, -0.2) is 19.5 Å². The van der Waals surface area contributed by atoms with Crippen molar-refractivity contribution >= 4 is 21.8 Å². The molecule has 0 unspecified atom stereocenters. The van der Waals surface area contributed by atoms with Crippen LogP contribution in [0.2, 0.25) is 0 Å². The third-order valence-corrected chi connectivity index (χ3v) is 15.2. The molecule has 0 spiro atoms. The highest BCUT2D eigenvalue weighted by atomic mass is 15.0. The summed E-state index contributed by atoms with van der Waals surface area (Å²) in [6.45, 7) is 0. The molecule has 0 aliphatic heterocycles. The van der Waals surface area contributed by atoms with Crippen LogP contribution in [-0.2, 0) is 0 Å². The minimum Gasteiger partial charge on any atom is -0.309 e. The smallest absolute Gasteiger partial charge is 0.0998 e. The van der Waals surface area contributed by atoms with Gasteiger partial charge in [-0.25, -0.2) is 15.0 Å². The molecule has 10 aromatic carbocycles. The minimum atomic E-state index is 0.584. The summed E-state index contributed by atoms with van der Waals surface area (Å²) >= 11 is 0. The number of hydrogen-bond acceptors (Lipinski definition) is 4. The Morgan fingerprint density at radius 1 is 0.247 bits per heavy atom. The van der Waals surface area contributed by atoms with Crippen LogP contribution in [0.15, 0.2) is 297 Å². The highest BCUT2D eigenvalue weighted by Gasteiger charge is 2.21. The van der Waals surface area contributed by atoms with Gasteiger partial charge in [-0.05, 0) is 112 Å². The fraction of sp³-hybridized carbons (Fsp3) is 0. The van der Waals surface area contributed by atoms with Gasteiger partial charge in [0, 0.05) is 55.4 Å². The molecule has 0 aliphatic carbocycles. The van der Waals surface area contributed by atoms with Crippen molar-refractivity contribution in [2.45, 2.75) is 0 Å². The van der Waals surface area contributed by atoms with Crippen molar-refractivity contribution in [3.8, 4) is 124 Å². The van der Waals surface area contributed by atoms with E-state index in [0.29, 0.717) is 5.56 Å². The lowest BCUT2D eigenvalue weighted by atomic mass is 9.93. The van der Waals surface area contributed by atoms with Gasteiger partial charge in [-0.2, -0.15) is 5.26 Å². The maximum absolute atomic E-state index is 10.8. The molecule has 14 aromatic rings. The Morgan fingerprint density at radius 3 is 0.938 bits per heavy atom. The molecule has 4 aromatic heterocycles. The van der Waals surface area contributed by atoms with E-state index in [1.165, 1.54) is 33.0 Å². The van der Waals surface area contributed by atoms with E-state index in [4.69, 9.17) is 15.0 Å². The average molecular weight is 1030 g/mol. The summed E-state index contributed by atoms with van der Waals surface area (Å²) in [5.74, 6) is 0. The second kappa shape index (κ2) is 21.1. The first-order chi connectivity index (χ1) is 40.1. The fourth-order valence-corrected chi connectivity index (χ4v) is 11.3. The number of nitrogens with zero attached hydrogens (tertiary/aromatic N) is 5. The molecule has 81 heavy (non-hydrogen) atoms. The molecule has 5 nitrogen and oxygen atoms in total. The Hall–Kier alpha value is -11.1. The van der Waals surface area contributed by atoms with E-state index in [1.807, 2.05) is 78.9 Å². The Kier molecular flexibility index (Phi) is 12.6. The largest absolute Gasteiger partial charge is 0.309 e. The van der Waals surface area contributed by atoms with Gasteiger partial charge >= 0.3 is 0 Å². The first-order valence-electron chi connectivity index (χ1n) is 27.2. The molecular formula is C76H49N5. The summed E-state index contributed by atoms with van der Waals surface area (Å²) < 4.78 is 2.38. The summed E-state index contributed by atoms with van der Waals surface area (Å²) in [7, 11) is 0. The van der Waals surface area contributed by atoms with Crippen molar-refractivity contribution in [1.29, 1.82) is 5.26 Å². The van der Waals surface area contributed by atoms with Crippen LogP contribution in [0, 0.1) is 11.3 Å². The third kappa shape index (κ3) is 9.33. The van der Waals surface area contributed by atoms with Crippen LogP contribution in [0.3, 0.4) is 0 Å². The summed E-state index contributed by atoms with van der Waals surface area (Å²) in [5.41, 5.74) is 23.1. The molecular weight excluding hydrogens is 983 g/mol. The molecule has 4 heterocycles. The van der Waals surface area contributed by atoms with Gasteiger partial charge in [-0.3, -0.25) is 0 Å². The number of aromatic nitrogens is 4. The van der Waals surface area contributed by atoms with Crippen molar-refractivity contribution in [3.05, 3.63) is 303 Å². The monoisotopic (exact) mass is 1030 g/mol. The average Bonchev–Trinajstić information content (AvgIpc) is 3.22. The number of nitriles is 1. The number of benzene rings is 10. The Morgan fingerprint density at radius 2 is 0.568 bits per heavy atom. The van der Waals surface area contributed by atoms with Crippen molar-refractivity contribution in [2.75, 3.05) is 0 Å². The lowest BCUT2D eigenvalue weighted by Crippen LogP contribution is -1.97. The first kappa shape index (κ1) is 48.3. The fourth-order valence-electron chi connectivity index (χ4n) is 11.3. The van der Waals surface area contributed by atoms with Gasteiger partial charge in [0.2, 0.25) is 0 Å². The Balaban J connectivity index is 0.939. The van der Waals surface area contributed by atoms with Gasteiger partial charge in [0.25, 0.3) is 0 Å². The molecule has 0 saturated heterocycles. The van der Waals surface area contributed by atoms with E-state index in [9.17, 15) is 5.26 Å². The van der Waals surface area contributed by atoms with E-state index < -0.39 is 0 Å². The quantitative estimate of drug-likeness (QED) is 0.129. The zero-order valence-electron chi connectivity index (χ0n) is 44.0. The summed E-state index contributed by atoms with van der Waals surface area (Å²) in [6, 6.07) is 106. The van der Waals surface area contributed by atoms with Gasteiger partial charge in [-0.15, -0.1) is 0 Å². The van der Waals surface area contributed by atoms with Crippen LogP contribution in [0.1, 0.15) is 5.56 Å². The van der Waals surface area contributed by atoms with Crippen LogP contribution in [0.5, 0.6) is 0 Å². The van der Waals surface area contributed by atoms with Gasteiger partial charge in [0.15, 0.2) is 0 Å². The number of hydrogen-bond donors (Lipinski definition) is 0. The van der Waals surface area contributed by atoms with E-state index >= 15 is 0 Å².